The highest BCUT2D eigenvalue weighted by atomic mass is 35.5. The first-order chi connectivity index (χ1) is 9.51. The molecular formula is C15H18Cl2O3. The number of aromatic carboxylic acids is 1. The average molecular weight is 317 g/mol. The van der Waals surface area contributed by atoms with E-state index in [9.17, 15) is 9.90 Å². The van der Waals surface area contributed by atoms with Gasteiger partial charge in [-0.15, -0.1) is 0 Å². The van der Waals surface area contributed by atoms with Crippen LogP contribution in [0.3, 0.4) is 0 Å². The fourth-order valence-electron chi connectivity index (χ4n) is 2.73. The summed E-state index contributed by atoms with van der Waals surface area (Å²) in [6.45, 7) is 2.17. The van der Waals surface area contributed by atoms with Gasteiger partial charge in [-0.25, -0.2) is 4.79 Å². The molecule has 0 aliphatic heterocycles. The van der Waals surface area contributed by atoms with Crippen LogP contribution in [-0.2, 0) is 0 Å². The van der Waals surface area contributed by atoms with Crippen molar-refractivity contribution in [3.8, 4) is 5.75 Å². The number of rotatable bonds is 4. The van der Waals surface area contributed by atoms with Crippen LogP contribution in [0.4, 0.5) is 0 Å². The third-order valence-electron chi connectivity index (χ3n) is 3.84. The third kappa shape index (κ3) is 3.58. The number of hydrogen-bond acceptors (Lipinski definition) is 2. The molecular weight excluding hydrogens is 299 g/mol. The van der Waals surface area contributed by atoms with Crippen molar-refractivity contribution in [2.24, 2.45) is 5.92 Å². The zero-order valence-electron chi connectivity index (χ0n) is 11.4. The van der Waals surface area contributed by atoms with Crippen molar-refractivity contribution in [2.75, 3.05) is 0 Å². The molecule has 0 amide bonds. The quantitative estimate of drug-likeness (QED) is 0.846. The minimum atomic E-state index is -1.08. The molecule has 1 aliphatic carbocycles. The van der Waals surface area contributed by atoms with Crippen LogP contribution >= 0.6 is 23.2 Å². The first-order valence-corrected chi connectivity index (χ1v) is 7.65. The third-order valence-corrected chi connectivity index (χ3v) is 4.33. The smallest absolute Gasteiger partial charge is 0.339 e. The van der Waals surface area contributed by atoms with Crippen LogP contribution < -0.4 is 4.74 Å². The van der Waals surface area contributed by atoms with E-state index in [0.717, 1.165) is 25.7 Å². The highest BCUT2D eigenvalue weighted by Gasteiger charge is 2.25. The predicted octanol–water partition coefficient (Wildman–Crippen LogP) is 5.04. The fourth-order valence-corrected chi connectivity index (χ4v) is 3.26. The second kappa shape index (κ2) is 6.68. The van der Waals surface area contributed by atoms with Crippen molar-refractivity contribution in [1.29, 1.82) is 0 Å². The van der Waals surface area contributed by atoms with Crippen LogP contribution in [0.2, 0.25) is 10.0 Å². The van der Waals surface area contributed by atoms with E-state index in [4.69, 9.17) is 27.9 Å². The van der Waals surface area contributed by atoms with Crippen LogP contribution in [0.1, 0.15) is 49.4 Å². The molecule has 0 spiro atoms. The summed E-state index contributed by atoms with van der Waals surface area (Å²) in [5.41, 5.74) is 0.0288. The van der Waals surface area contributed by atoms with E-state index in [1.54, 1.807) is 0 Å². The second-order valence-corrected chi connectivity index (χ2v) is 6.09. The number of halogens is 2. The van der Waals surface area contributed by atoms with Gasteiger partial charge in [0.05, 0.1) is 11.1 Å². The molecule has 0 aromatic heterocycles. The standard InChI is InChI=1S/C15H18Cl2O3/c1-2-9-4-3-5-11(6-9)20-14-12(15(18)19)7-10(16)8-13(14)17/h7-9,11H,2-6H2,1H3,(H,18,19). The van der Waals surface area contributed by atoms with Crippen molar-refractivity contribution in [3.63, 3.8) is 0 Å². The Morgan fingerprint density at radius 1 is 1.40 bits per heavy atom. The molecule has 1 aromatic carbocycles. The van der Waals surface area contributed by atoms with Gasteiger partial charge in [-0.1, -0.05) is 43.0 Å². The first-order valence-electron chi connectivity index (χ1n) is 6.90. The maximum atomic E-state index is 11.3. The van der Waals surface area contributed by atoms with E-state index >= 15 is 0 Å². The van der Waals surface area contributed by atoms with Crippen molar-refractivity contribution >= 4 is 29.2 Å². The highest BCUT2D eigenvalue weighted by Crippen LogP contribution is 2.36. The zero-order chi connectivity index (χ0) is 14.7. The molecule has 1 N–H and O–H groups in total. The summed E-state index contributed by atoms with van der Waals surface area (Å²) < 4.78 is 5.89. The van der Waals surface area contributed by atoms with Crippen molar-refractivity contribution in [1.82, 2.24) is 0 Å². The van der Waals surface area contributed by atoms with Gasteiger partial charge in [-0.2, -0.15) is 0 Å². The Bertz CT molecular complexity index is 502. The molecule has 0 heterocycles. The Hall–Kier alpha value is -0.930. The molecule has 1 aliphatic rings. The van der Waals surface area contributed by atoms with Gasteiger partial charge in [0.2, 0.25) is 0 Å². The van der Waals surface area contributed by atoms with Gasteiger partial charge >= 0.3 is 5.97 Å². The van der Waals surface area contributed by atoms with Gasteiger partial charge in [0.25, 0.3) is 0 Å². The van der Waals surface area contributed by atoms with E-state index in [2.05, 4.69) is 6.92 Å². The molecule has 1 saturated carbocycles. The molecule has 1 fully saturated rings. The van der Waals surface area contributed by atoms with Crippen LogP contribution in [0.15, 0.2) is 12.1 Å². The number of carboxylic acid groups (broad SMARTS) is 1. The normalized spacial score (nSPS) is 22.6. The maximum Gasteiger partial charge on any atom is 0.339 e. The molecule has 0 bridgehead atoms. The molecule has 3 nitrogen and oxygen atoms in total. The molecule has 5 heteroatoms. The molecule has 0 saturated heterocycles. The lowest BCUT2D eigenvalue weighted by Gasteiger charge is -2.29. The van der Waals surface area contributed by atoms with Gasteiger partial charge in [0.1, 0.15) is 5.56 Å². The summed E-state index contributed by atoms with van der Waals surface area (Å²) in [5, 5.41) is 9.80. The van der Waals surface area contributed by atoms with Gasteiger partial charge in [0, 0.05) is 5.02 Å². The number of ether oxygens (including phenoxy) is 1. The Balaban J connectivity index is 2.22. The van der Waals surface area contributed by atoms with Crippen molar-refractivity contribution in [2.45, 2.75) is 45.1 Å². The molecule has 2 atom stereocenters. The lowest BCUT2D eigenvalue weighted by molar-refractivity contribution is 0.0682. The summed E-state index contributed by atoms with van der Waals surface area (Å²) in [4.78, 5) is 11.3. The van der Waals surface area contributed by atoms with E-state index < -0.39 is 5.97 Å². The summed E-state index contributed by atoms with van der Waals surface area (Å²) in [5.74, 6) is -0.189. The van der Waals surface area contributed by atoms with E-state index in [0.29, 0.717) is 10.9 Å². The number of carboxylic acids is 1. The number of benzene rings is 1. The van der Waals surface area contributed by atoms with Crippen LogP contribution in [0, 0.1) is 5.92 Å². The Kier molecular flexibility index (Phi) is 5.17. The number of carbonyl (C=O) groups is 1. The number of hydrogen-bond donors (Lipinski definition) is 1. The van der Waals surface area contributed by atoms with Crippen molar-refractivity contribution < 1.29 is 14.6 Å². The van der Waals surface area contributed by atoms with Crippen LogP contribution in [-0.4, -0.2) is 17.2 Å². The van der Waals surface area contributed by atoms with E-state index in [1.165, 1.54) is 18.6 Å². The molecule has 1 aromatic rings. The molecule has 110 valence electrons. The summed E-state index contributed by atoms with van der Waals surface area (Å²) in [6, 6.07) is 2.90. The monoisotopic (exact) mass is 316 g/mol. The SMILES string of the molecule is CCC1CCCC(Oc2c(Cl)cc(Cl)cc2C(=O)O)C1. The minimum absolute atomic E-state index is 0.0288. The van der Waals surface area contributed by atoms with E-state index in [1.807, 2.05) is 0 Å². The summed E-state index contributed by atoms with van der Waals surface area (Å²) in [6.07, 6.45) is 5.38. The molecule has 0 radical (unpaired) electrons. The second-order valence-electron chi connectivity index (χ2n) is 5.25. The van der Waals surface area contributed by atoms with Gasteiger partial charge < -0.3 is 9.84 Å². The minimum Gasteiger partial charge on any atom is -0.488 e. The van der Waals surface area contributed by atoms with Gasteiger partial charge in [0.15, 0.2) is 5.75 Å². The van der Waals surface area contributed by atoms with Crippen molar-refractivity contribution in [3.05, 3.63) is 27.7 Å². The fraction of sp³-hybridized carbons (Fsp3) is 0.533. The predicted molar refractivity (Wildman–Crippen MR) is 80.1 cm³/mol. The summed E-state index contributed by atoms with van der Waals surface area (Å²) in [7, 11) is 0. The largest absolute Gasteiger partial charge is 0.488 e. The molecule has 2 unspecified atom stereocenters. The van der Waals surface area contributed by atoms with Gasteiger partial charge in [-0.05, 0) is 37.3 Å². The molecule has 2 rings (SSSR count). The van der Waals surface area contributed by atoms with Gasteiger partial charge in [-0.3, -0.25) is 0 Å². The maximum absolute atomic E-state index is 11.3. The lowest BCUT2D eigenvalue weighted by Crippen LogP contribution is -2.26. The molecule has 20 heavy (non-hydrogen) atoms. The average Bonchev–Trinajstić information content (AvgIpc) is 2.41. The zero-order valence-corrected chi connectivity index (χ0v) is 12.9. The Labute approximate surface area is 128 Å². The van der Waals surface area contributed by atoms with E-state index in [-0.39, 0.29) is 22.4 Å². The Morgan fingerprint density at radius 2 is 2.15 bits per heavy atom. The Morgan fingerprint density at radius 3 is 2.80 bits per heavy atom. The van der Waals surface area contributed by atoms with Crippen LogP contribution in [0.25, 0.3) is 0 Å². The topological polar surface area (TPSA) is 46.5 Å². The lowest BCUT2D eigenvalue weighted by atomic mass is 9.85. The first kappa shape index (κ1) is 15.5. The highest BCUT2D eigenvalue weighted by molar-refractivity contribution is 6.36. The van der Waals surface area contributed by atoms with Crippen LogP contribution in [0.5, 0.6) is 5.75 Å². The summed E-state index contributed by atoms with van der Waals surface area (Å²) >= 11 is 11.9.